The highest BCUT2D eigenvalue weighted by Gasteiger charge is 2.10. The molecule has 0 saturated carbocycles. The van der Waals surface area contributed by atoms with E-state index in [1.165, 1.54) is 0 Å². The highest BCUT2D eigenvalue weighted by molar-refractivity contribution is 7.99. The summed E-state index contributed by atoms with van der Waals surface area (Å²) in [5.74, 6) is 1.77. The maximum atomic E-state index is 10.6. The minimum Gasteiger partial charge on any atom is -0.490 e. The standard InChI is InChI=1S/C14H20O4S/c1-3-17-12-6-4-5-7-13(12)18-8-9-19-10-11(2)14(15)16/h4-7,11H,3,8-10H2,1-2H3,(H,15,16). The third kappa shape index (κ3) is 5.87. The summed E-state index contributed by atoms with van der Waals surface area (Å²) < 4.78 is 11.1. The highest BCUT2D eigenvalue weighted by Crippen LogP contribution is 2.26. The molecule has 0 heterocycles. The van der Waals surface area contributed by atoms with Crippen molar-refractivity contribution < 1.29 is 19.4 Å². The molecule has 0 saturated heterocycles. The summed E-state index contributed by atoms with van der Waals surface area (Å²) in [7, 11) is 0. The third-order valence-corrected chi connectivity index (χ3v) is 3.61. The molecule has 0 radical (unpaired) electrons. The van der Waals surface area contributed by atoms with Crippen molar-refractivity contribution in [1.29, 1.82) is 0 Å². The van der Waals surface area contributed by atoms with Gasteiger partial charge in [0.05, 0.1) is 19.1 Å². The summed E-state index contributed by atoms with van der Waals surface area (Å²) >= 11 is 1.58. The van der Waals surface area contributed by atoms with Crippen LogP contribution in [-0.2, 0) is 4.79 Å². The fourth-order valence-corrected chi connectivity index (χ4v) is 2.25. The van der Waals surface area contributed by atoms with Crippen molar-refractivity contribution in [3.8, 4) is 11.5 Å². The number of aliphatic carboxylic acids is 1. The summed E-state index contributed by atoms with van der Waals surface area (Å²) in [6, 6.07) is 7.55. The van der Waals surface area contributed by atoms with Gasteiger partial charge in [-0.3, -0.25) is 4.79 Å². The van der Waals surface area contributed by atoms with Gasteiger partial charge in [0.15, 0.2) is 11.5 Å². The van der Waals surface area contributed by atoms with Gasteiger partial charge in [-0.15, -0.1) is 0 Å². The first-order chi connectivity index (χ1) is 9.15. The second-order valence-electron chi connectivity index (χ2n) is 4.04. The van der Waals surface area contributed by atoms with Gasteiger partial charge in [0.2, 0.25) is 0 Å². The Balaban J connectivity index is 2.27. The van der Waals surface area contributed by atoms with Crippen molar-refractivity contribution in [3.05, 3.63) is 24.3 Å². The fourth-order valence-electron chi connectivity index (χ4n) is 1.39. The summed E-state index contributed by atoms with van der Waals surface area (Å²) in [5, 5.41) is 8.75. The van der Waals surface area contributed by atoms with Gasteiger partial charge < -0.3 is 14.6 Å². The van der Waals surface area contributed by atoms with E-state index in [-0.39, 0.29) is 5.92 Å². The van der Waals surface area contributed by atoms with Gasteiger partial charge in [-0.05, 0) is 19.1 Å². The largest absolute Gasteiger partial charge is 0.490 e. The maximum absolute atomic E-state index is 10.6. The Morgan fingerprint density at radius 2 is 1.95 bits per heavy atom. The SMILES string of the molecule is CCOc1ccccc1OCCSCC(C)C(=O)O. The third-order valence-electron chi connectivity index (χ3n) is 2.42. The smallest absolute Gasteiger partial charge is 0.307 e. The zero-order valence-electron chi connectivity index (χ0n) is 11.3. The van der Waals surface area contributed by atoms with Gasteiger partial charge in [0.1, 0.15) is 0 Å². The minimum absolute atomic E-state index is 0.319. The van der Waals surface area contributed by atoms with Crippen LogP contribution in [0, 0.1) is 5.92 Å². The van der Waals surface area contributed by atoms with Crippen LogP contribution in [0.25, 0.3) is 0 Å². The van der Waals surface area contributed by atoms with Crippen LogP contribution in [0.3, 0.4) is 0 Å². The molecule has 4 nitrogen and oxygen atoms in total. The topological polar surface area (TPSA) is 55.8 Å². The molecule has 0 amide bonds. The van der Waals surface area contributed by atoms with Crippen molar-refractivity contribution in [3.63, 3.8) is 0 Å². The molecule has 106 valence electrons. The number of carbonyl (C=O) groups is 1. The molecule has 5 heteroatoms. The van der Waals surface area contributed by atoms with E-state index in [9.17, 15) is 4.79 Å². The van der Waals surface area contributed by atoms with Crippen molar-refractivity contribution in [1.82, 2.24) is 0 Å². The molecule has 0 fully saturated rings. The van der Waals surface area contributed by atoms with Crippen molar-refractivity contribution in [2.45, 2.75) is 13.8 Å². The maximum Gasteiger partial charge on any atom is 0.307 e. The van der Waals surface area contributed by atoms with Crippen molar-refractivity contribution >= 4 is 17.7 Å². The second kappa shape index (κ2) is 8.69. The van der Waals surface area contributed by atoms with Crippen molar-refractivity contribution in [2.24, 2.45) is 5.92 Å². The molecule has 1 aromatic rings. The average molecular weight is 284 g/mol. The fraction of sp³-hybridized carbons (Fsp3) is 0.500. The first-order valence-electron chi connectivity index (χ1n) is 6.30. The Bertz CT molecular complexity index is 395. The quantitative estimate of drug-likeness (QED) is 0.707. The zero-order chi connectivity index (χ0) is 14.1. The normalized spacial score (nSPS) is 11.9. The molecule has 0 aliphatic rings. The number of rotatable bonds is 9. The lowest BCUT2D eigenvalue weighted by Gasteiger charge is -2.11. The molecule has 19 heavy (non-hydrogen) atoms. The van der Waals surface area contributed by atoms with Crippen LogP contribution in [0.2, 0.25) is 0 Å². The van der Waals surface area contributed by atoms with E-state index in [1.807, 2.05) is 31.2 Å². The monoisotopic (exact) mass is 284 g/mol. The predicted octanol–water partition coefficient (Wildman–Crippen LogP) is 2.92. The molecule has 1 N–H and O–H groups in total. The minimum atomic E-state index is -0.755. The highest BCUT2D eigenvalue weighted by atomic mass is 32.2. The van der Waals surface area contributed by atoms with Gasteiger partial charge in [0.25, 0.3) is 0 Å². The Morgan fingerprint density at radius 3 is 2.53 bits per heavy atom. The number of thioether (sulfide) groups is 1. The van der Waals surface area contributed by atoms with E-state index in [2.05, 4.69) is 0 Å². The Morgan fingerprint density at radius 1 is 1.32 bits per heavy atom. The summed E-state index contributed by atoms with van der Waals surface area (Å²) in [6.45, 7) is 4.78. The van der Waals surface area contributed by atoms with Crippen LogP contribution in [0.5, 0.6) is 11.5 Å². The molecule has 0 aliphatic carbocycles. The average Bonchev–Trinajstić information content (AvgIpc) is 2.40. The van der Waals surface area contributed by atoms with Gasteiger partial charge in [-0.1, -0.05) is 19.1 Å². The van der Waals surface area contributed by atoms with E-state index in [4.69, 9.17) is 14.6 Å². The molecular formula is C14H20O4S. The van der Waals surface area contributed by atoms with Gasteiger partial charge in [-0.25, -0.2) is 0 Å². The Kier molecular flexibility index (Phi) is 7.18. The second-order valence-corrected chi connectivity index (χ2v) is 5.19. The first kappa shape index (κ1) is 15.7. The van der Waals surface area contributed by atoms with Crippen LogP contribution in [-0.4, -0.2) is 35.8 Å². The molecule has 0 aliphatic heterocycles. The molecule has 0 bridgehead atoms. The van der Waals surface area contributed by atoms with E-state index in [0.717, 1.165) is 17.3 Å². The van der Waals surface area contributed by atoms with E-state index >= 15 is 0 Å². The number of carboxylic acids is 1. The summed E-state index contributed by atoms with van der Waals surface area (Å²) in [6.07, 6.45) is 0. The molecule has 1 atom stereocenters. The first-order valence-corrected chi connectivity index (χ1v) is 7.45. The van der Waals surface area contributed by atoms with Crippen LogP contribution in [0.1, 0.15) is 13.8 Å². The number of hydrogen-bond acceptors (Lipinski definition) is 4. The lowest BCUT2D eigenvalue weighted by Crippen LogP contribution is -2.13. The number of hydrogen-bond donors (Lipinski definition) is 1. The van der Waals surface area contributed by atoms with Crippen LogP contribution in [0.4, 0.5) is 0 Å². The van der Waals surface area contributed by atoms with Crippen LogP contribution >= 0.6 is 11.8 Å². The van der Waals surface area contributed by atoms with E-state index in [0.29, 0.717) is 19.0 Å². The lowest BCUT2D eigenvalue weighted by atomic mass is 10.2. The Labute approximate surface area is 118 Å². The predicted molar refractivity (Wildman–Crippen MR) is 77.2 cm³/mol. The molecule has 0 aromatic heterocycles. The van der Waals surface area contributed by atoms with Crippen LogP contribution < -0.4 is 9.47 Å². The number of ether oxygens (including phenoxy) is 2. The van der Waals surface area contributed by atoms with Gasteiger partial charge in [0, 0.05) is 11.5 Å². The molecular weight excluding hydrogens is 264 g/mol. The summed E-state index contributed by atoms with van der Waals surface area (Å²) in [5.41, 5.74) is 0. The number of carboxylic acid groups (broad SMARTS) is 1. The number of para-hydroxylation sites is 2. The van der Waals surface area contributed by atoms with Gasteiger partial charge >= 0.3 is 5.97 Å². The van der Waals surface area contributed by atoms with E-state index in [1.54, 1.807) is 18.7 Å². The number of benzene rings is 1. The Hall–Kier alpha value is -1.36. The van der Waals surface area contributed by atoms with Crippen LogP contribution in [0.15, 0.2) is 24.3 Å². The molecule has 1 rings (SSSR count). The van der Waals surface area contributed by atoms with E-state index < -0.39 is 5.97 Å². The molecule has 1 unspecified atom stereocenters. The molecule has 0 spiro atoms. The molecule has 1 aromatic carbocycles. The summed E-state index contributed by atoms with van der Waals surface area (Å²) in [4.78, 5) is 10.6. The zero-order valence-corrected chi connectivity index (χ0v) is 12.1. The van der Waals surface area contributed by atoms with Crippen molar-refractivity contribution in [2.75, 3.05) is 24.7 Å². The van der Waals surface area contributed by atoms with Gasteiger partial charge in [-0.2, -0.15) is 11.8 Å². The lowest BCUT2D eigenvalue weighted by molar-refractivity contribution is -0.140.